The Labute approximate surface area is 152 Å². The molecule has 1 aromatic heterocycles. The number of esters is 2. The lowest BCUT2D eigenvalue weighted by atomic mass is 10.1. The van der Waals surface area contributed by atoms with Crippen LogP contribution in [0, 0.1) is 0 Å². The van der Waals surface area contributed by atoms with E-state index < -0.39 is 23.2 Å². The summed E-state index contributed by atoms with van der Waals surface area (Å²) in [4.78, 5) is 47.6. The van der Waals surface area contributed by atoms with Gasteiger partial charge in [0, 0.05) is 17.9 Å². The highest BCUT2D eigenvalue weighted by atomic mass is 35.5. The van der Waals surface area contributed by atoms with Crippen molar-refractivity contribution in [3.8, 4) is 0 Å². The first-order valence-corrected chi connectivity index (χ1v) is 9.44. The third kappa shape index (κ3) is 5.41. The van der Waals surface area contributed by atoms with Crippen LogP contribution in [-0.4, -0.2) is 40.7 Å². The zero-order valence-corrected chi connectivity index (χ0v) is 15.3. The molecule has 0 radical (unpaired) electrons. The number of rotatable bonds is 6. The highest BCUT2D eigenvalue weighted by Crippen LogP contribution is 2.26. The third-order valence-electron chi connectivity index (χ3n) is 3.36. The second-order valence-electron chi connectivity index (χ2n) is 5.25. The summed E-state index contributed by atoms with van der Waals surface area (Å²) >= 11 is 7.74. The molecule has 1 aliphatic rings. The van der Waals surface area contributed by atoms with Gasteiger partial charge in [-0.15, -0.1) is 11.3 Å². The van der Waals surface area contributed by atoms with E-state index in [-0.39, 0.29) is 17.3 Å². The summed E-state index contributed by atoms with van der Waals surface area (Å²) in [6.45, 7) is 2.01. The van der Waals surface area contributed by atoms with Gasteiger partial charge in [0.05, 0.1) is 16.0 Å². The molecular formula is C15H16ClNO5S2. The maximum absolute atomic E-state index is 12.4. The molecule has 0 aliphatic carbocycles. The van der Waals surface area contributed by atoms with Crippen LogP contribution in [0.5, 0.6) is 0 Å². The molecule has 0 saturated carbocycles. The van der Waals surface area contributed by atoms with Crippen molar-refractivity contribution in [2.75, 3.05) is 6.54 Å². The van der Waals surface area contributed by atoms with Crippen molar-refractivity contribution in [2.45, 2.75) is 37.5 Å². The van der Waals surface area contributed by atoms with Crippen LogP contribution in [0.15, 0.2) is 11.4 Å². The van der Waals surface area contributed by atoms with Gasteiger partial charge in [-0.25, -0.2) is 4.79 Å². The molecule has 1 unspecified atom stereocenters. The lowest BCUT2D eigenvalue weighted by Gasteiger charge is -2.13. The Hall–Kier alpha value is -1.22. The topological polar surface area (TPSA) is 89.5 Å². The van der Waals surface area contributed by atoms with Crippen LogP contribution in [0.25, 0.3) is 0 Å². The van der Waals surface area contributed by atoms with Crippen molar-refractivity contribution in [1.29, 1.82) is 0 Å². The molecule has 1 N–H and O–H groups in total. The summed E-state index contributed by atoms with van der Waals surface area (Å²) in [6.07, 6.45) is 1.10. The summed E-state index contributed by atoms with van der Waals surface area (Å²) in [6, 6.07) is 1.00. The monoisotopic (exact) mass is 389 g/mol. The van der Waals surface area contributed by atoms with Gasteiger partial charge in [-0.2, -0.15) is 0 Å². The summed E-state index contributed by atoms with van der Waals surface area (Å²) < 4.78 is 5.24. The van der Waals surface area contributed by atoms with Crippen molar-refractivity contribution in [2.24, 2.45) is 0 Å². The third-order valence-corrected chi connectivity index (χ3v) is 5.45. The predicted octanol–water partition coefficient (Wildman–Crippen LogP) is 2.44. The molecule has 2 atom stereocenters. The van der Waals surface area contributed by atoms with Crippen LogP contribution in [0.2, 0.25) is 4.34 Å². The Morgan fingerprint density at radius 2 is 2.21 bits per heavy atom. The molecule has 2 rings (SSSR count). The number of halogens is 1. The van der Waals surface area contributed by atoms with Crippen LogP contribution in [0.1, 0.15) is 36.5 Å². The number of ketones is 1. The average molecular weight is 390 g/mol. The van der Waals surface area contributed by atoms with Crippen LogP contribution in [0.3, 0.4) is 0 Å². The molecule has 0 bridgehead atoms. The normalized spacial score (nSPS) is 18.2. The predicted molar refractivity (Wildman–Crippen MR) is 92.5 cm³/mol. The zero-order chi connectivity index (χ0) is 17.7. The van der Waals surface area contributed by atoms with E-state index in [1.165, 1.54) is 24.3 Å². The number of ether oxygens (including phenoxy) is 1. The summed E-state index contributed by atoms with van der Waals surface area (Å²) in [5.74, 6) is -1.85. The van der Waals surface area contributed by atoms with Gasteiger partial charge >= 0.3 is 11.9 Å². The van der Waals surface area contributed by atoms with E-state index >= 15 is 0 Å². The number of thiophene rings is 1. The molecule has 2 heterocycles. The fourth-order valence-corrected chi connectivity index (χ4v) is 4.01. The minimum atomic E-state index is -0.940. The SMILES string of the molecule is CC(=O)SC(CC(=O)OC(=O)[C@@H]1CCCN1)C(=O)c1csc(Cl)c1. The summed E-state index contributed by atoms with van der Waals surface area (Å²) in [5, 5.41) is 3.26. The van der Waals surface area contributed by atoms with Crippen LogP contribution in [-0.2, 0) is 19.1 Å². The molecule has 0 amide bonds. The summed E-state index contributed by atoms with van der Waals surface area (Å²) in [7, 11) is 0. The quantitative estimate of drug-likeness (QED) is 0.454. The first-order chi connectivity index (χ1) is 11.4. The van der Waals surface area contributed by atoms with Gasteiger partial charge in [-0.05, 0) is 25.5 Å². The fraction of sp³-hybridized carbons (Fsp3) is 0.467. The Morgan fingerprint density at radius 1 is 1.46 bits per heavy atom. The van der Waals surface area contributed by atoms with Gasteiger partial charge < -0.3 is 10.1 Å². The van der Waals surface area contributed by atoms with Gasteiger partial charge in [0.15, 0.2) is 10.9 Å². The molecule has 1 aromatic rings. The minimum Gasteiger partial charge on any atom is -0.392 e. The van der Waals surface area contributed by atoms with E-state index in [1.54, 1.807) is 5.38 Å². The van der Waals surface area contributed by atoms with Crippen molar-refractivity contribution in [3.63, 3.8) is 0 Å². The lowest BCUT2D eigenvalue weighted by molar-refractivity contribution is -0.160. The number of hydrogen-bond donors (Lipinski definition) is 1. The van der Waals surface area contributed by atoms with Gasteiger partial charge in [-0.3, -0.25) is 14.4 Å². The highest BCUT2D eigenvalue weighted by molar-refractivity contribution is 8.14. The molecule has 24 heavy (non-hydrogen) atoms. The number of nitrogens with one attached hydrogen (secondary N) is 1. The lowest BCUT2D eigenvalue weighted by Crippen LogP contribution is -2.35. The molecule has 9 heteroatoms. The standard InChI is InChI=1S/C15H16ClNO5S2/c1-8(18)24-11(14(20)9-5-12(16)23-7-9)6-13(19)22-15(21)10-3-2-4-17-10/h5,7,10-11,17H,2-4,6H2,1H3/t10-,11?/m0/s1. The second-order valence-corrected chi connectivity index (χ2v) is 8.17. The molecule has 1 aliphatic heterocycles. The minimum absolute atomic E-state index is 0.300. The van der Waals surface area contributed by atoms with Crippen molar-refractivity contribution >= 4 is 57.5 Å². The maximum atomic E-state index is 12.4. The van der Waals surface area contributed by atoms with Crippen molar-refractivity contribution < 1.29 is 23.9 Å². The molecule has 130 valence electrons. The fourth-order valence-electron chi connectivity index (χ4n) is 2.28. The van der Waals surface area contributed by atoms with Crippen LogP contribution in [0.4, 0.5) is 0 Å². The Morgan fingerprint density at radius 3 is 2.75 bits per heavy atom. The second kappa shape index (κ2) is 8.75. The highest BCUT2D eigenvalue weighted by Gasteiger charge is 2.30. The van der Waals surface area contributed by atoms with Gasteiger partial charge in [-0.1, -0.05) is 23.4 Å². The number of carbonyl (C=O) groups excluding carboxylic acids is 4. The number of Topliss-reactive ketones (excluding diaryl/α,β-unsaturated/α-hetero) is 1. The first kappa shape index (κ1) is 19.1. The molecule has 6 nitrogen and oxygen atoms in total. The molecular weight excluding hydrogens is 374 g/mol. The largest absolute Gasteiger partial charge is 0.392 e. The van der Waals surface area contributed by atoms with Gasteiger partial charge in [0.25, 0.3) is 0 Å². The van der Waals surface area contributed by atoms with E-state index in [1.807, 2.05) is 0 Å². The van der Waals surface area contributed by atoms with E-state index in [9.17, 15) is 19.2 Å². The molecule has 1 fully saturated rings. The Balaban J connectivity index is 1.99. The van der Waals surface area contributed by atoms with E-state index in [0.29, 0.717) is 22.9 Å². The number of hydrogen-bond acceptors (Lipinski definition) is 8. The number of thioether (sulfide) groups is 1. The van der Waals surface area contributed by atoms with Crippen molar-refractivity contribution in [1.82, 2.24) is 5.32 Å². The van der Waals surface area contributed by atoms with E-state index in [4.69, 9.17) is 16.3 Å². The Bertz CT molecular complexity index is 654. The first-order valence-electron chi connectivity index (χ1n) is 7.30. The zero-order valence-electron chi connectivity index (χ0n) is 12.9. The average Bonchev–Trinajstić information content (AvgIpc) is 3.16. The van der Waals surface area contributed by atoms with Crippen LogP contribution < -0.4 is 5.32 Å². The van der Waals surface area contributed by atoms with Crippen molar-refractivity contribution in [3.05, 3.63) is 21.3 Å². The van der Waals surface area contributed by atoms with Crippen LogP contribution >= 0.6 is 34.7 Å². The molecule has 0 aromatic carbocycles. The van der Waals surface area contributed by atoms with E-state index in [0.717, 1.165) is 18.2 Å². The Kier molecular flexibility index (Phi) is 6.97. The number of carbonyl (C=O) groups is 4. The summed E-state index contributed by atoms with van der Waals surface area (Å²) in [5.41, 5.74) is 0.334. The molecule has 1 saturated heterocycles. The maximum Gasteiger partial charge on any atom is 0.330 e. The molecule has 0 spiro atoms. The van der Waals surface area contributed by atoms with E-state index in [2.05, 4.69) is 5.32 Å². The van der Waals surface area contributed by atoms with Gasteiger partial charge in [0.1, 0.15) is 6.04 Å². The smallest absolute Gasteiger partial charge is 0.330 e. The van der Waals surface area contributed by atoms with Gasteiger partial charge in [0.2, 0.25) is 0 Å².